The minimum Gasteiger partial charge on any atom is -0.303 e. The van der Waals surface area contributed by atoms with Crippen LogP contribution in [0, 0.1) is 0 Å². The largest absolute Gasteiger partial charge is 0.303 e. The molecule has 1 heterocycles. The fourth-order valence-corrected chi connectivity index (χ4v) is 2.15. The molecule has 0 aromatic heterocycles. The van der Waals surface area contributed by atoms with Crippen LogP contribution < -0.4 is 0 Å². The van der Waals surface area contributed by atoms with Crippen LogP contribution in [0.15, 0.2) is 0 Å². The smallest absolute Gasteiger partial charge is 0.0402 e. The Hall–Kier alpha value is 0.210. The van der Waals surface area contributed by atoms with Gasteiger partial charge in [0.25, 0.3) is 0 Å². The summed E-state index contributed by atoms with van der Waals surface area (Å²) in [4.78, 5) is 4.94. The predicted molar refractivity (Wildman–Crippen MR) is 67.7 cm³/mol. The topological polar surface area (TPSA) is 6.48 Å². The average Bonchev–Trinajstić information content (AvgIpc) is 2.70. The third-order valence-corrected chi connectivity index (χ3v) is 4.18. The molecule has 0 amide bonds. The summed E-state index contributed by atoms with van der Waals surface area (Å²) in [6, 6.07) is 0. The van der Waals surface area contributed by atoms with Crippen molar-refractivity contribution in [1.82, 2.24) is 9.80 Å². The van der Waals surface area contributed by atoms with Gasteiger partial charge < -0.3 is 9.80 Å². The minimum absolute atomic E-state index is 0.132. The van der Waals surface area contributed by atoms with Crippen molar-refractivity contribution in [2.45, 2.75) is 38.6 Å². The lowest BCUT2D eigenvalue weighted by atomic mass is 10.1. The molecule has 0 aromatic rings. The normalized spacial score (nSPS) is 19.0. The number of rotatable bonds is 6. The zero-order chi connectivity index (χ0) is 11.3. The number of nitrogens with zero attached hydrogens (tertiary/aromatic N) is 2. The molecule has 1 saturated heterocycles. The lowest BCUT2D eigenvalue weighted by Gasteiger charge is -2.34. The van der Waals surface area contributed by atoms with Crippen LogP contribution in [0.25, 0.3) is 0 Å². The Bertz CT molecular complexity index is 176. The Morgan fingerprint density at radius 1 is 1.27 bits per heavy atom. The van der Waals surface area contributed by atoms with Crippen molar-refractivity contribution in [2.24, 2.45) is 0 Å². The molecule has 0 radical (unpaired) electrons. The van der Waals surface area contributed by atoms with Crippen LogP contribution in [-0.2, 0) is 0 Å². The molecule has 0 atom stereocenters. The number of likely N-dealkylation sites (tertiary alicyclic amines) is 1. The molecule has 0 bridgehead atoms. The number of halogens is 1. The highest BCUT2D eigenvalue weighted by atomic mass is 35.5. The van der Waals surface area contributed by atoms with Gasteiger partial charge in [-0.2, -0.15) is 0 Å². The first-order valence-electron chi connectivity index (χ1n) is 6.06. The monoisotopic (exact) mass is 232 g/mol. The highest BCUT2D eigenvalue weighted by Gasteiger charge is 2.21. The standard InChI is InChI=1S/C12H25ClN2/c1-12(2,11-13)14(3)7-6-10-15-8-4-5-9-15/h4-11H2,1-3H3. The summed E-state index contributed by atoms with van der Waals surface area (Å²) in [5.41, 5.74) is 0.132. The van der Waals surface area contributed by atoms with Gasteiger partial charge in [0.1, 0.15) is 0 Å². The first-order chi connectivity index (χ1) is 7.06. The molecule has 15 heavy (non-hydrogen) atoms. The second-order valence-electron chi connectivity index (χ2n) is 5.27. The Balaban J connectivity index is 2.13. The number of hydrogen-bond donors (Lipinski definition) is 0. The van der Waals surface area contributed by atoms with Gasteiger partial charge in [-0.1, -0.05) is 0 Å². The van der Waals surface area contributed by atoms with Gasteiger partial charge in [-0.25, -0.2) is 0 Å². The Labute approximate surface area is 99.6 Å². The van der Waals surface area contributed by atoms with E-state index in [0.717, 1.165) is 6.54 Å². The molecule has 1 fully saturated rings. The molecule has 0 spiro atoms. The highest BCUT2D eigenvalue weighted by molar-refractivity contribution is 6.18. The van der Waals surface area contributed by atoms with E-state index in [9.17, 15) is 0 Å². The Kier molecular flexibility index (Phi) is 5.37. The molecule has 0 N–H and O–H groups in total. The van der Waals surface area contributed by atoms with Crippen molar-refractivity contribution in [1.29, 1.82) is 0 Å². The lowest BCUT2D eigenvalue weighted by molar-refractivity contribution is 0.168. The van der Waals surface area contributed by atoms with Gasteiger partial charge in [-0.05, 0) is 66.3 Å². The summed E-state index contributed by atoms with van der Waals surface area (Å²) in [7, 11) is 2.17. The van der Waals surface area contributed by atoms with Crippen LogP contribution in [-0.4, -0.2) is 54.4 Å². The maximum Gasteiger partial charge on any atom is 0.0402 e. The molecule has 0 saturated carbocycles. The second-order valence-corrected chi connectivity index (χ2v) is 5.54. The molecule has 1 rings (SSSR count). The molecular formula is C12H25ClN2. The summed E-state index contributed by atoms with van der Waals surface area (Å²) in [6.45, 7) is 9.43. The SMILES string of the molecule is CN(CCCN1CCCC1)C(C)(C)CCl. The first kappa shape index (κ1) is 13.3. The third kappa shape index (κ3) is 4.29. The fourth-order valence-electron chi connectivity index (χ4n) is 1.94. The second kappa shape index (κ2) is 6.07. The Morgan fingerprint density at radius 3 is 2.40 bits per heavy atom. The quantitative estimate of drug-likeness (QED) is 0.649. The summed E-state index contributed by atoms with van der Waals surface area (Å²) in [6.07, 6.45) is 4.04. The summed E-state index contributed by atoms with van der Waals surface area (Å²) < 4.78 is 0. The molecule has 1 aliphatic rings. The molecule has 90 valence electrons. The summed E-state index contributed by atoms with van der Waals surface area (Å²) in [5, 5.41) is 0. The predicted octanol–water partition coefficient (Wildman–Crippen LogP) is 2.42. The zero-order valence-electron chi connectivity index (χ0n) is 10.4. The van der Waals surface area contributed by atoms with E-state index in [1.54, 1.807) is 0 Å². The summed E-state index contributed by atoms with van der Waals surface area (Å²) >= 11 is 5.94. The molecule has 1 aliphatic heterocycles. The van der Waals surface area contributed by atoms with Crippen molar-refractivity contribution in [3.05, 3.63) is 0 Å². The zero-order valence-corrected chi connectivity index (χ0v) is 11.2. The van der Waals surface area contributed by atoms with Gasteiger partial charge in [0.05, 0.1) is 0 Å². The lowest BCUT2D eigenvalue weighted by Crippen LogP contribution is -2.43. The van der Waals surface area contributed by atoms with Gasteiger partial charge in [-0.15, -0.1) is 11.6 Å². The van der Waals surface area contributed by atoms with Crippen LogP contribution in [0.1, 0.15) is 33.1 Å². The van der Waals surface area contributed by atoms with E-state index in [-0.39, 0.29) is 5.54 Å². The van der Waals surface area contributed by atoms with Crippen molar-refractivity contribution < 1.29 is 0 Å². The van der Waals surface area contributed by atoms with Gasteiger partial charge in [0.15, 0.2) is 0 Å². The van der Waals surface area contributed by atoms with Gasteiger partial charge >= 0.3 is 0 Å². The van der Waals surface area contributed by atoms with Gasteiger partial charge in [0.2, 0.25) is 0 Å². The fraction of sp³-hybridized carbons (Fsp3) is 1.00. The first-order valence-corrected chi connectivity index (χ1v) is 6.59. The molecule has 2 nitrogen and oxygen atoms in total. The van der Waals surface area contributed by atoms with Crippen LogP contribution in [0.2, 0.25) is 0 Å². The maximum atomic E-state index is 5.94. The van der Waals surface area contributed by atoms with E-state index in [4.69, 9.17) is 11.6 Å². The third-order valence-electron chi connectivity index (χ3n) is 3.53. The van der Waals surface area contributed by atoms with E-state index in [1.165, 1.54) is 38.9 Å². The molecule has 3 heteroatoms. The maximum absolute atomic E-state index is 5.94. The van der Waals surface area contributed by atoms with E-state index in [0.29, 0.717) is 5.88 Å². The number of alkyl halides is 1. The van der Waals surface area contributed by atoms with Gasteiger partial charge in [0, 0.05) is 11.4 Å². The highest BCUT2D eigenvalue weighted by Crippen LogP contribution is 2.15. The van der Waals surface area contributed by atoms with Crippen LogP contribution in [0.5, 0.6) is 0 Å². The van der Waals surface area contributed by atoms with E-state index in [2.05, 4.69) is 30.7 Å². The average molecular weight is 233 g/mol. The number of hydrogen-bond acceptors (Lipinski definition) is 2. The van der Waals surface area contributed by atoms with Crippen molar-refractivity contribution >= 4 is 11.6 Å². The van der Waals surface area contributed by atoms with Crippen LogP contribution in [0.3, 0.4) is 0 Å². The van der Waals surface area contributed by atoms with Gasteiger partial charge in [-0.3, -0.25) is 0 Å². The molecule has 0 aromatic carbocycles. The van der Waals surface area contributed by atoms with Crippen molar-refractivity contribution in [3.63, 3.8) is 0 Å². The molecule has 0 unspecified atom stereocenters. The van der Waals surface area contributed by atoms with Crippen LogP contribution >= 0.6 is 11.6 Å². The Morgan fingerprint density at radius 2 is 1.87 bits per heavy atom. The minimum atomic E-state index is 0.132. The van der Waals surface area contributed by atoms with Crippen molar-refractivity contribution in [3.8, 4) is 0 Å². The van der Waals surface area contributed by atoms with E-state index < -0.39 is 0 Å². The molecule has 0 aliphatic carbocycles. The van der Waals surface area contributed by atoms with E-state index >= 15 is 0 Å². The summed E-state index contributed by atoms with van der Waals surface area (Å²) in [5.74, 6) is 0.702. The van der Waals surface area contributed by atoms with E-state index in [1.807, 2.05) is 0 Å². The van der Waals surface area contributed by atoms with Crippen LogP contribution in [0.4, 0.5) is 0 Å². The molecular weight excluding hydrogens is 208 g/mol. The van der Waals surface area contributed by atoms with Crippen molar-refractivity contribution in [2.75, 3.05) is 39.1 Å².